The Hall–Kier alpha value is -1.10. The minimum atomic E-state index is 0.285. The molecule has 0 radical (unpaired) electrons. The van der Waals surface area contributed by atoms with Crippen LogP contribution in [-0.2, 0) is 16.0 Å². The Labute approximate surface area is 122 Å². The second kappa shape index (κ2) is 7.62. The Morgan fingerprint density at radius 3 is 2.65 bits per heavy atom. The molecule has 4 nitrogen and oxygen atoms in total. The number of nitrogens with zero attached hydrogens (tertiary/aromatic N) is 1. The maximum atomic E-state index is 5.82. The van der Waals surface area contributed by atoms with Gasteiger partial charge in [0.1, 0.15) is 0 Å². The molecule has 1 N–H and O–H groups in total. The minimum Gasteiger partial charge on any atom is -0.383 e. The van der Waals surface area contributed by atoms with E-state index in [1.54, 1.807) is 7.11 Å². The van der Waals surface area contributed by atoms with E-state index in [4.69, 9.17) is 9.47 Å². The Kier molecular flexibility index (Phi) is 5.83. The summed E-state index contributed by atoms with van der Waals surface area (Å²) in [6, 6.07) is 8.61. The van der Waals surface area contributed by atoms with Gasteiger partial charge in [0.15, 0.2) is 0 Å². The summed E-state index contributed by atoms with van der Waals surface area (Å²) in [4.78, 5) is 2.44. The Morgan fingerprint density at radius 1 is 1.25 bits per heavy atom. The SMILES string of the molecule is COCCNCc1ccccc1N1C[C@@H](C)O[C@H](C)C1. The van der Waals surface area contributed by atoms with Crippen LogP contribution in [0.15, 0.2) is 24.3 Å². The van der Waals surface area contributed by atoms with E-state index in [1.807, 2.05) is 0 Å². The molecule has 1 saturated heterocycles. The van der Waals surface area contributed by atoms with Crippen molar-refractivity contribution in [2.24, 2.45) is 0 Å². The summed E-state index contributed by atoms with van der Waals surface area (Å²) in [6.07, 6.45) is 0.571. The van der Waals surface area contributed by atoms with Crippen LogP contribution in [-0.4, -0.2) is 45.6 Å². The first-order chi connectivity index (χ1) is 9.70. The Bertz CT molecular complexity index is 401. The van der Waals surface area contributed by atoms with Crippen LogP contribution in [0, 0.1) is 0 Å². The standard InChI is InChI=1S/C16H26N2O2/c1-13-11-18(12-14(2)20-13)16-7-5-4-6-15(16)10-17-8-9-19-3/h4-7,13-14,17H,8-12H2,1-3H3/t13-,14-/m1/s1. The number of hydrogen-bond donors (Lipinski definition) is 1. The third-order valence-corrected chi connectivity index (χ3v) is 3.55. The van der Waals surface area contributed by atoms with Crippen molar-refractivity contribution in [3.8, 4) is 0 Å². The number of anilines is 1. The fourth-order valence-corrected chi connectivity index (χ4v) is 2.74. The number of methoxy groups -OCH3 is 1. The van der Waals surface area contributed by atoms with Crippen LogP contribution in [0.2, 0.25) is 0 Å². The van der Waals surface area contributed by atoms with Crippen LogP contribution in [0.1, 0.15) is 19.4 Å². The van der Waals surface area contributed by atoms with Crippen molar-refractivity contribution in [3.63, 3.8) is 0 Å². The zero-order chi connectivity index (χ0) is 14.4. The highest BCUT2D eigenvalue weighted by atomic mass is 16.5. The zero-order valence-electron chi connectivity index (χ0n) is 12.8. The van der Waals surface area contributed by atoms with E-state index < -0.39 is 0 Å². The predicted octanol–water partition coefficient (Wildman–Crippen LogP) is 2.04. The van der Waals surface area contributed by atoms with Crippen LogP contribution in [0.3, 0.4) is 0 Å². The topological polar surface area (TPSA) is 33.7 Å². The lowest BCUT2D eigenvalue weighted by Gasteiger charge is -2.37. The normalized spacial score (nSPS) is 23.1. The highest BCUT2D eigenvalue weighted by Crippen LogP contribution is 2.24. The van der Waals surface area contributed by atoms with Gasteiger partial charge in [-0.2, -0.15) is 0 Å². The third-order valence-electron chi connectivity index (χ3n) is 3.55. The van der Waals surface area contributed by atoms with Crippen molar-refractivity contribution in [3.05, 3.63) is 29.8 Å². The average molecular weight is 278 g/mol. The molecule has 2 rings (SSSR count). The van der Waals surface area contributed by atoms with Crippen molar-refractivity contribution in [2.75, 3.05) is 38.3 Å². The largest absolute Gasteiger partial charge is 0.383 e. The molecular weight excluding hydrogens is 252 g/mol. The first-order valence-electron chi connectivity index (χ1n) is 7.38. The van der Waals surface area contributed by atoms with Gasteiger partial charge in [-0.25, -0.2) is 0 Å². The van der Waals surface area contributed by atoms with Gasteiger partial charge in [-0.15, -0.1) is 0 Å². The van der Waals surface area contributed by atoms with E-state index >= 15 is 0 Å². The molecule has 1 aliphatic heterocycles. The van der Waals surface area contributed by atoms with Crippen molar-refractivity contribution in [2.45, 2.75) is 32.6 Å². The molecule has 0 bridgehead atoms. The summed E-state index contributed by atoms with van der Waals surface area (Å²) in [7, 11) is 1.73. The van der Waals surface area contributed by atoms with E-state index in [-0.39, 0.29) is 12.2 Å². The maximum Gasteiger partial charge on any atom is 0.0726 e. The summed E-state index contributed by atoms with van der Waals surface area (Å²) in [6.45, 7) is 8.69. The van der Waals surface area contributed by atoms with Gasteiger partial charge in [0.05, 0.1) is 18.8 Å². The van der Waals surface area contributed by atoms with E-state index in [1.165, 1.54) is 11.3 Å². The first kappa shape index (κ1) is 15.3. The second-order valence-electron chi connectivity index (χ2n) is 5.46. The molecule has 0 spiro atoms. The molecule has 0 unspecified atom stereocenters. The fourth-order valence-electron chi connectivity index (χ4n) is 2.74. The van der Waals surface area contributed by atoms with E-state index in [0.717, 1.165) is 32.8 Å². The van der Waals surface area contributed by atoms with Gasteiger partial charge in [0.25, 0.3) is 0 Å². The van der Waals surface area contributed by atoms with E-state index in [9.17, 15) is 0 Å². The number of nitrogens with one attached hydrogen (secondary N) is 1. The molecule has 1 aliphatic rings. The maximum absolute atomic E-state index is 5.82. The smallest absolute Gasteiger partial charge is 0.0726 e. The van der Waals surface area contributed by atoms with Crippen LogP contribution in [0.5, 0.6) is 0 Å². The van der Waals surface area contributed by atoms with Crippen LogP contribution >= 0.6 is 0 Å². The Balaban J connectivity index is 2.03. The zero-order valence-corrected chi connectivity index (χ0v) is 12.8. The number of morpholine rings is 1. The summed E-state index contributed by atoms with van der Waals surface area (Å²) in [5.74, 6) is 0. The van der Waals surface area contributed by atoms with Gasteiger partial charge < -0.3 is 19.7 Å². The fraction of sp³-hybridized carbons (Fsp3) is 0.625. The molecule has 20 heavy (non-hydrogen) atoms. The summed E-state index contributed by atoms with van der Waals surface area (Å²) < 4.78 is 10.9. The molecule has 4 heteroatoms. The van der Waals surface area contributed by atoms with Crippen LogP contribution in [0.4, 0.5) is 5.69 Å². The summed E-state index contributed by atoms with van der Waals surface area (Å²) in [5.41, 5.74) is 2.66. The number of rotatable bonds is 6. The molecule has 1 heterocycles. The van der Waals surface area contributed by atoms with Gasteiger partial charge in [-0.3, -0.25) is 0 Å². The van der Waals surface area contributed by atoms with Crippen LogP contribution < -0.4 is 10.2 Å². The predicted molar refractivity (Wildman–Crippen MR) is 82.2 cm³/mol. The van der Waals surface area contributed by atoms with Crippen molar-refractivity contribution in [1.29, 1.82) is 0 Å². The molecule has 0 aromatic heterocycles. The number of hydrogen-bond acceptors (Lipinski definition) is 4. The lowest BCUT2D eigenvalue weighted by atomic mass is 10.1. The van der Waals surface area contributed by atoms with Gasteiger partial charge >= 0.3 is 0 Å². The highest BCUT2D eigenvalue weighted by Gasteiger charge is 2.23. The number of para-hydroxylation sites is 1. The highest BCUT2D eigenvalue weighted by molar-refractivity contribution is 5.54. The van der Waals surface area contributed by atoms with E-state index in [0.29, 0.717) is 0 Å². The molecular formula is C16H26N2O2. The van der Waals surface area contributed by atoms with Crippen molar-refractivity contribution >= 4 is 5.69 Å². The molecule has 0 amide bonds. The first-order valence-corrected chi connectivity index (χ1v) is 7.38. The lowest BCUT2D eigenvalue weighted by Crippen LogP contribution is -2.46. The van der Waals surface area contributed by atoms with Gasteiger partial charge in [0.2, 0.25) is 0 Å². The summed E-state index contributed by atoms with van der Waals surface area (Å²) >= 11 is 0. The van der Waals surface area contributed by atoms with Gasteiger partial charge in [-0.1, -0.05) is 18.2 Å². The Morgan fingerprint density at radius 2 is 1.95 bits per heavy atom. The number of ether oxygens (including phenoxy) is 2. The lowest BCUT2D eigenvalue weighted by molar-refractivity contribution is -0.00526. The molecule has 1 aromatic carbocycles. The summed E-state index contributed by atoms with van der Waals surface area (Å²) in [5, 5.41) is 3.42. The quantitative estimate of drug-likeness (QED) is 0.807. The molecule has 1 fully saturated rings. The molecule has 2 atom stereocenters. The average Bonchev–Trinajstić information content (AvgIpc) is 2.43. The monoisotopic (exact) mass is 278 g/mol. The molecule has 1 aromatic rings. The third kappa shape index (κ3) is 4.20. The second-order valence-corrected chi connectivity index (χ2v) is 5.46. The minimum absolute atomic E-state index is 0.285. The van der Waals surface area contributed by atoms with E-state index in [2.05, 4.69) is 48.3 Å². The molecule has 0 saturated carbocycles. The van der Waals surface area contributed by atoms with Crippen LogP contribution in [0.25, 0.3) is 0 Å². The van der Waals surface area contributed by atoms with Gasteiger partial charge in [-0.05, 0) is 25.5 Å². The number of benzene rings is 1. The molecule has 0 aliphatic carbocycles. The van der Waals surface area contributed by atoms with Crippen molar-refractivity contribution < 1.29 is 9.47 Å². The van der Waals surface area contributed by atoms with Crippen molar-refractivity contribution in [1.82, 2.24) is 5.32 Å². The molecule has 112 valence electrons. The van der Waals surface area contributed by atoms with Gasteiger partial charge in [0, 0.05) is 39.0 Å².